The topological polar surface area (TPSA) is 40.1 Å². The first kappa shape index (κ1) is 9.78. The summed E-state index contributed by atoms with van der Waals surface area (Å²) in [5.74, 6) is -1.01. The van der Waals surface area contributed by atoms with Crippen molar-refractivity contribution in [2.45, 2.75) is 25.7 Å². The second-order valence-electron chi connectivity index (χ2n) is 3.34. The second-order valence-corrected chi connectivity index (χ2v) is 3.34. The maximum Gasteiger partial charge on any atom is 0.0517 e. The molecule has 1 aromatic carbocycles. The molecule has 1 rings (SSSR count). The highest BCUT2D eigenvalue weighted by Crippen LogP contribution is 2.26. The van der Waals surface area contributed by atoms with Crippen LogP contribution in [-0.4, -0.2) is 5.97 Å². The van der Waals surface area contributed by atoms with Crippen molar-refractivity contribution in [1.82, 2.24) is 0 Å². The molecule has 0 aliphatic heterocycles. The van der Waals surface area contributed by atoms with E-state index in [4.69, 9.17) is 0 Å². The lowest BCUT2D eigenvalue weighted by molar-refractivity contribution is -0.313. The summed E-state index contributed by atoms with van der Waals surface area (Å²) in [5, 5.41) is 10.9. The van der Waals surface area contributed by atoms with Gasteiger partial charge in [0.15, 0.2) is 0 Å². The van der Waals surface area contributed by atoms with E-state index in [1.54, 1.807) is 6.92 Å². The van der Waals surface area contributed by atoms with Crippen LogP contribution in [0.15, 0.2) is 30.3 Å². The molecule has 0 amide bonds. The Hall–Kier alpha value is -1.31. The number of carboxylic acid groups (broad SMARTS) is 1. The van der Waals surface area contributed by atoms with E-state index in [1.165, 1.54) is 0 Å². The van der Waals surface area contributed by atoms with E-state index in [0.29, 0.717) is 6.42 Å². The van der Waals surface area contributed by atoms with E-state index in [0.717, 1.165) is 5.56 Å². The smallest absolute Gasteiger partial charge is 0.0517 e. The lowest BCUT2D eigenvalue weighted by Crippen LogP contribution is -2.43. The molecule has 1 atom stereocenters. The molecule has 2 nitrogen and oxygen atoms in total. The average molecular weight is 177 g/mol. The van der Waals surface area contributed by atoms with Gasteiger partial charge in [-0.3, -0.25) is 0 Å². The van der Waals surface area contributed by atoms with Crippen molar-refractivity contribution in [2.24, 2.45) is 0 Å². The van der Waals surface area contributed by atoms with E-state index < -0.39 is 11.4 Å². The van der Waals surface area contributed by atoms with Crippen LogP contribution >= 0.6 is 0 Å². The van der Waals surface area contributed by atoms with Crippen molar-refractivity contribution in [1.29, 1.82) is 0 Å². The van der Waals surface area contributed by atoms with Gasteiger partial charge in [0, 0.05) is 5.41 Å². The SMILES string of the molecule is CC[C@@](C)(C(=O)[O-])c1ccccc1. The van der Waals surface area contributed by atoms with Crippen molar-refractivity contribution in [2.75, 3.05) is 0 Å². The molecule has 0 bridgehead atoms. The van der Waals surface area contributed by atoms with Gasteiger partial charge >= 0.3 is 0 Å². The molecule has 0 aliphatic rings. The van der Waals surface area contributed by atoms with E-state index in [2.05, 4.69) is 0 Å². The highest BCUT2D eigenvalue weighted by atomic mass is 16.4. The minimum absolute atomic E-state index is 0.541. The van der Waals surface area contributed by atoms with Crippen molar-refractivity contribution < 1.29 is 9.90 Å². The first-order chi connectivity index (χ1) is 6.11. The Morgan fingerprint density at radius 3 is 2.31 bits per heavy atom. The molecule has 0 radical (unpaired) electrons. The van der Waals surface area contributed by atoms with Gasteiger partial charge in [0.05, 0.1) is 5.97 Å². The zero-order chi connectivity index (χ0) is 9.90. The fourth-order valence-corrected chi connectivity index (χ4v) is 1.27. The second kappa shape index (κ2) is 3.60. The number of rotatable bonds is 3. The van der Waals surface area contributed by atoms with Crippen LogP contribution < -0.4 is 5.11 Å². The molecule has 0 N–H and O–H groups in total. The normalized spacial score (nSPS) is 14.9. The maximum atomic E-state index is 10.9. The Labute approximate surface area is 78.2 Å². The molecule has 0 spiro atoms. The summed E-state index contributed by atoms with van der Waals surface area (Å²) in [6.07, 6.45) is 0.541. The first-order valence-corrected chi connectivity index (χ1v) is 4.38. The Balaban J connectivity index is 3.11. The molecular formula is C11H13O2-. The number of carbonyl (C=O) groups is 1. The molecule has 0 saturated carbocycles. The minimum atomic E-state index is -1.01. The van der Waals surface area contributed by atoms with E-state index in [1.807, 2.05) is 37.3 Å². The highest BCUT2D eigenvalue weighted by molar-refractivity contribution is 5.78. The summed E-state index contributed by atoms with van der Waals surface area (Å²) in [6.45, 7) is 3.54. The van der Waals surface area contributed by atoms with Crippen molar-refractivity contribution in [3.05, 3.63) is 35.9 Å². The van der Waals surface area contributed by atoms with Gasteiger partial charge < -0.3 is 9.90 Å². The zero-order valence-electron chi connectivity index (χ0n) is 7.91. The fourth-order valence-electron chi connectivity index (χ4n) is 1.27. The number of hydrogen-bond donors (Lipinski definition) is 0. The summed E-state index contributed by atoms with van der Waals surface area (Å²) in [4.78, 5) is 10.9. The van der Waals surface area contributed by atoms with Crippen LogP contribution in [0, 0.1) is 0 Å². The van der Waals surface area contributed by atoms with Crippen molar-refractivity contribution in [3.63, 3.8) is 0 Å². The Kier molecular flexibility index (Phi) is 2.71. The third-order valence-electron chi connectivity index (χ3n) is 2.57. The van der Waals surface area contributed by atoms with Gasteiger partial charge in [-0.2, -0.15) is 0 Å². The molecule has 0 fully saturated rings. The molecule has 0 aliphatic carbocycles. The van der Waals surface area contributed by atoms with Gasteiger partial charge in [0.1, 0.15) is 0 Å². The molecule has 13 heavy (non-hydrogen) atoms. The summed E-state index contributed by atoms with van der Waals surface area (Å²) < 4.78 is 0. The predicted octanol–water partition coefficient (Wildman–Crippen LogP) is 1.10. The Morgan fingerprint density at radius 2 is 1.92 bits per heavy atom. The van der Waals surface area contributed by atoms with E-state index in [9.17, 15) is 9.90 Å². The van der Waals surface area contributed by atoms with Gasteiger partial charge in [-0.25, -0.2) is 0 Å². The molecule has 70 valence electrons. The van der Waals surface area contributed by atoms with Gasteiger partial charge in [0.25, 0.3) is 0 Å². The van der Waals surface area contributed by atoms with Gasteiger partial charge in [-0.1, -0.05) is 44.2 Å². The lowest BCUT2D eigenvalue weighted by atomic mass is 9.80. The molecule has 0 unspecified atom stereocenters. The standard InChI is InChI=1S/C11H14O2/c1-3-11(2,10(12)13)9-7-5-4-6-8-9/h4-8H,3H2,1-2H3,(H,12,13)/p-1/t11-/m1/s1. The summed E-state index contributed by atoms with van der Waals surface area (Å²) in [5.41, 5.74) is -0.0566. The highest BCUT2D eigenvalue weighted by Gasteiger charge is 2.25. The number of hydrogen-bond acceptors (Lipinski definition) is 2. The zero-order valence-corrected chi connectivity index (χ0v) is 7.91. The minimum Gasteiger partial charge on any atom is -0.549 e. The molecule has 1 aromatic rings. The van der Waals surface area contributed by atoms with Crippen LogP contribution in [0.2, 0.25) is 0 Å². The number of carbonyl (C=O) groups excluding carboxylic acids is 1. The summed E-state index contributed by atoms with van der Waals surface area (Å²) in [6, 6.07) is 9.19. The molecule has 2 heteroatoms. The lowest BCUT2D eigenvalue weighted by Gasteiger charge is -2.29. The monoisotopic (exact) mass is 177 g/mol. The van der Waals surface area contributed by atoms with Crippen molar-refractivity contribution >= 4 is 5.97 Å². The molecule has 0 aromatic heterocycles. The van der Waals surface area contributed by atoms with Crippen LogP contribution in [0.4, 0.5) is 0 Å². The molecule has 0 saturated heterocycles. The van der Waals surface area contributed by atoms with Crippen LogP contribution in [0.3, 0.4) is 0 Å². The third-order valence-corrected chi connectivity index (χ3v) is 2.57. The summed E-state index contributed by atoms with van der Waals surface area (Å²) >= 11 is 0. The number of aliphatic carboxylic acids is 1. The summed E-state index contributed by atoms with van der Waals surface area (Å²) in [7, 11) is 0. The van der Waals surface area contributed by atoms with Gasteiger partial charge in [-0.05, 0) is 12.0 Å². The molecule has 0 heterocycles. The van der Waals surface area contributed by atoms with Crippen LogP contribution in [0.5, 0.6) is 0 Å². The first-order valence-electron chi connectivity index (χ1n) is 4.38. The Bertz CT molecular complexity index is 292. The van der Waals surface area contributed by atoms with Crippen molar-refractivity contribution in [3.8, 4) is 0 Å². The van der Waals surface area contributed by atoms with Crippen LogP contribution in [0.25, 0.3) is 0 Å². The van der Waals surface area contributed by atoms with E-state index >= 15 is 0 Å². The largest absolute Gasteiger partial charge is 0.549 e. The molecular weight excluding hydrogens is 164 g/mol. The fraction of sp³-hybridized carbons (Fsp3) is 0.364. The van der Waals surface area contributed by atoms with Gasteiger partial charge in [0.2, 0.25) is 0 Å². The average Bonchev–Trinajstić information content (AvgIpc) is 2.17. The van der Waals surface area contributed by atoms with Crippen LogP contribution in [0.1, 0.15) is 25.8 Å². The van der Waals surface area contributed by atoms with Crippen LogP contribution in [-0.2, 0) is 10.2 Å². The maximum absolute atomic E-state index is 10.9. The third kappa shape index (κ3) is 1.72. The predicted molar refractivity (Wildman–Crippen MR) is 49.1 cm³/mol. The quantitative estimate of drug-likeness (QED) is 0.693. The van der Waals surface area contributed by atoms with E-state index in [-0.39, 0.29) is 0 Å². The number of carboxylic acids is 1. The number of benzene rings is 1. The van der Waals surface area contributed by atoms with Gasteiger partial charge in [-0.15, -0.1) is 0 Å². The Morgan fingerprint density at radius 1 is 1.38 bits per heavy atom.